The van der Waals surface area contributed by atoms with Crippen LogP contribution >= 0.6 is 0 Å². The summed E-state index contributed by atoms with van der Waals surface area (Å²) < 4.78 is 33.5. The van der Waals surface area contributed by atoms with Gasteiger partial charge >= 0.3 is 51.4 Å². The third-order valence-electron chi connectivity index (χ3n) is 2.76. The zero-order valence-electron chi connectivity index (χ0n) is 10.5. The molecule has 2 aromatic rings. The SMILES string of the molecule is CCCc1cccc2c(S(=O)(=O)[O-])cccc12.[K+]. The van der Waals surface area contributed by atoms with Crippen molar-refractivity contribution < 1.29 is 64.4 Å². The molecule has 0 aromatic heterocycles. The van der Waals surface area contributed by atoms with Crippen LogP contribution in [-0.2, 0) is 16.5 Å². The molecule has 0 saturated heterocycles. The molecular formula is C13H13KO3S. The molecule has 0 fully saturated rings. The molecule has 0 N–H and O–H groups in total. The predicted molar refractivity (Wildman–Crippen MR) is 65.9 cm³/mol. The monoisotopic (exact) mass is 288 g/mol. The average molecular weight is 288 g/mol. The Labute approximate surface area is 150 Å². The fourth-order valence-electron chi connectivity index (χ4n) is 2.05. The van der Waals surface area contributed by atoms with Gasteiger partial charge in [0.1, 0.15) is 10.1 Å². The predicted octanol–water partition coefficient (Wildman–Crippen LogP) is -0.300. The Balaban J connectivity index is 0.00000162. The minimum Gasteiger partial charge on any atom is -0.744 e. The summed E-state index contributed by atoms with van der Waals surface area (Å²) in [5.41, 5.74) is 1.08. The molecule has 0 spiro atoms. The van der Waals surface area contributed by atoms with Gasteiger partial charge < -0.3 is 4.55 Å². The number of hydrogen-bond donors (Lipinski definition) is 0. The fraction of sp³-hybridized carbons (Fsp3) is 0.231. The van der Waals surface area contributed by atoms with E-state index in [9.17, 15) is 13.0 Å². The largest absolute Gasteiger partial charge is 1.00 e. The van der Waals surface area contributed by atoms with E-state index in [0.29, 0.717) is 5.39 Å². The van der Waals surface area contributed by atoms with E-state index < -0.39 is 10.1 Å². The van der Waals surface area contributed by atoms with Crippen molar-refractivity contribution >= 4 is 20.9 Å². The van der Waals surface area contributed by atoms with Crippen LogP contribution in [0.5, 0.6) is 0 Å². The van der Waals surface area contributed by atoms with Gasteiger partial charge in [0.05, 0.1) is 4.90 Å². The first-order valence-corrected chi connectivity index (χ1v) is 6.91. The molecule has 0 unspecified atom stereocenters. The van der Waals surface area contributed by atoms with Gasteiger partial charge in [-0.05, 0) is 28.8 Å². The zero-order chi connectivity index (χ0) is 12.5. The molecule has 0 saturated carbocycles. The van der Waals surface area contributed by atoms with Crippen molar-refractivity contribution in [1.82, 2.24) is 0 Å². The second-order valence-corrected chi connectivity index (χ2v) is 5.32. The molecule has 2 aromatic carbocycles. The van der Waals surface area contributed by atoms with Crippen molar-refractivity contribution in [3.63, 3.8) is 0 Å². The molecule has 90 valence electrons. The van der Waals surface area contributed by atoms with Gasteiger partial charge in [0, 0.05) is 0 Å². The van der Waals surface area contributed by atoms with Gasteiger partial charge in [0.2, 0.25) is 0 Å². The molecular weight excluding hydrogens is 275 g/mol. The maximum Gasteiger partial charge on any atom is 1.00 e. The van der Waals surface area contributed by atoms with Gasteiger partial charge in [0.15, 0.2) is 0 Å². The smallest absolute Gasteiger partial charge is 0.744 e. The van der Waals surface area contributed by atoms with Crippen molar-refractivity contribution in [2.75, 3.05) is 0 Å². The maximum absolute atomic E-state index is 11.2. The van der Waals surface area contributed by atoms with Crippen LogP contribution in [0, 0.1) is 0 Å². The van der Waals surface area contributed by atoms with Crippen molar-refractivity contribution in [1.29, 1.82) is 0 Å². The van der Waals surface area contributed by atoms with Crippen LogP contribution < -0.4 is 51.4 Å². The van der Waals surface area contributed by atoms with E-state index in [1.54, 1.807) is 18.2 Å². The minimum absolute atomic E-state index is 0. The molecule has 0 aliphatic heterocycles. The van der Waals surface area contributed by atoms with Gasteiger partial charge in [-0.25, -0.2) is 8.42 Å². The minimum atomic E-state index is -4.41. The van der Waals surface area contributed by atoms with Crippen molar-refractivity contribution in [2.45, 2.75) is 24.7 Å². The van der Waals surface area contributed by atoms with E-state index in [-0.39, 0.29) is 56.3 Å². The summed E-state index contributed by atoms with van der Waals surface area (Å²) in [4.78, 5) is -0.132. The Kier molecular flexibility index (Phi) is 5.98. The topological polar surface area (TPSA) is 57.2 Å². The van der Waals surface area contributed by atoms with E-state index in [2.05, 4.69) is 6.92 Å². The standard InChI is InChI=1S/C13H14O3S.K/c1-2-5-10-6-3-8-12-11(10)7-4-9-13(12)17(14,15)16;/h3-4,6-9H,2,5H2,1H3,(H,14,15,16);/q;+1/p-1. The third kappa shape index (κ3) is 3.42. The average Bonchev–Trinajstić information content (AvgIpc) is 2.28. The Hall–Kier alpha value is 0.246. The number of rotatable bonds is 3. The second-order valence-electron chi connectivity index (χ2n) is 3.97. The maximum atomic E-state index is 11.2. The van der Waals surface area contributed by atoms with Crippen LogP contribution in [0.2, 0.25) is 0 Å². The summed E-state index contributed by atoms with van der Waals surface area (Å²) in [6.45, 7) is 2.06. The molecule has 0 amide bonds. The van der Waals surface area contributed by atoms with Gasteiger partial charge in [-0.15, -0.1) is 0 Å². The van der Waals surface area contributed by atoms with Crippen molar-refractivity contribution in [2.24, 2.45) is 0 Å². The van der Waals surface area contributed by atoms with Crippen LogP contribution in [0.25, 0.3) is 10.8 Å². The molecule has 0 aliphatic carbocycles. The molecule has 3 nitrogen and oxygen atoms in total. The summed E-state index contributed by atoms with van der Waals surface area (Å²) in [5, 5.41) is 1.37. The molecule has 0 radical (unpaired) electrons. The van der Waals surface area contributed by atoms with E-state index in [0.717, 1.165) is 23.8 Å². The molecule has 0 atom stereocenters. The summed E-state index contributed by atoms with van der Waals surface area (Å²) in [6, 6.07) is 10.3. The molecule has 0 aliphatic rings. The number of aryl methyl sites for hydroxylation is 1. The number of fused-ring (bicyclic) bond motifs is 1. The third-order valence-corrected chi connectivity index (χ3v) is 3.66. The quantitative estimate of drug-likeness (QED) is 0.575. The van der Waals surface area contributed by atoms with Crippen LogP contribution in [-0.4, -0.2) is 13.0 Å². The van der Waals surface area contributed by atoms with Crippen LogP contribution in [0.3, 0.4) is 0 Å². The van der Waals surface area contributed by atoms with E-state index in [1.165, 1.54) is 6.07 Å². The summed E-state index contributed by atoms with van der Waals surface area (Å²) in [6.07, 6.45) is 1.85. The Morgan fingerprint density at radius 3 is 2.28 bits per heavy atom. The summed E-state index contributed by atoms with van der Waals surface area (Å²) in [7, 11) is -4.41. The van der Waals surface area contributed by atoms with Crippen LogP contribution in [0.1, 0.15) is 18.9 Å². The first-order chi connectivity index (χ1) is 8.04. The number of benzene rings is 2. The van der Waals surface area contributed by atoms with Gasteiger partial charge in [-0.1, -0.05) is 43.7 Å². The van der Waals surface area contributed by atoms with E-state index >= 15 is 0 Å². The Bertz CT molecular complexity index is 650. The van der Waals surface area contributed by atoms with Crippen LogP contribution in [0.4, 0.5) is 0 Å². The van der Waals surface area contributed by atoms with Gasteiger partial charge in [-0.2, -0.15) is 0 Å². The van der Waals surface area contributed by atoms with E-state index in [4.69, 9.17) is 0 Å². The number of hydrogen-bond acceptors (Lipinski definition) is 3. The van der Waals surface area contributed by atoms with E-state index in [1.807, 2.05) is 12.1 Å². The summed E-state index contributed by atoms with van der Waals surface area (Å²) in [5.74, 6) is 0. The molecule has 0 bridgehead atoms. The molecule has 5 heteroatoms. The molecule has 18 heavy (non-hydrogen) atoms. The normalized spacial score (nSPS) is 11.2. The van der Waals surface area contributed by atoms with Gasteiger partial charge in [-0.3, -0.25) is 0 Å². The Morgan fingerprint density at radius 1 is 1.06 bits per heavy atom. The van der Waals surface area contributed by atoms with Gasteiger partial charge in [0.25, 0.3) is 0 Å². The first-order valence-electron chi connectivity index (χ1n) is 5.50. The first kappa shape index (κ1) is 16.3. The van der Waals surface area contributed by atoms with Crippen molar-refractivity contribution in [3.8, 4) is 0 Å². The molecule has 2 rings (SSSR count). The molecule has 0 heterocycles. The fourth-order valence-corrected chi connectivity index (χ4v) is 2.74. The van der Waals surface area contributed by atoms with Crippen molar-refractivity contribution in [3.05, 3.63) is 42.0 Å². The Morgan fingerprint density at radius 2 is 1.67 bits per heavy atom. The second kappa shape index (κ2) is 6.61. The summed E-state index contributed by atoms with van der Waals surface area (Å²) >= 11 is 0. The van der Waals surface area contributed by atoms with Crippen LogP contribution in [0.15, 0.2) is 41.3 Å². The zero-order valence-corrected chi connectivity index (χ0v) is 14.5.